The fraction of sp³-hybridized carbons (Fsp3) is 0.308. The molecular weight excluding hydrogens is 188 g/mol. The Morgan fingerprint density at radius 3 is 2.40 bits per heavy atom. The van der Waals surface area contributed by atoms with Crippen LogP contribution >= 0.6 is 0 Å². The summed E-state index contributed by atoms with van der Waals surface area (Å²) in [5.41, 5.74) is 0.0503. The molecule has 1 N–H and O–H groups in total. The summed E-state index contributed by atoms with van der Waals surface area (Å²) >= 11 is 0. The van der Waals surface area contributed by atoms with Crippen molar-refractivity contribution in [3.05, 3.63) is 29.8 Å². The van der Waals surface area contributed by atoms with E-state index in [1.165, 1.54) is 6.07 Å². The number of ketones is 1. The Balaban J connectivity index is 2.96. The number of carbonyl (C=O) groups is 1. The predicted octanol–water partition coefficient (Wildman–Crippen LogP) is 2.62. The van der Waals surface area contributed by atoms with E-state index in [9.17, 15) is 9.90 Å². The van der Waals surface area contributed by atoms with Crippen LogP contribution in [0.25, 0.3) is 0 Å². The van der Waals surface area contributed by atoms with E-state index >= 15 is 0 Å². The molecule has 0 bridgehead atoms. The summed E-state index contributed by atoms with van der Waals surface area (Å²) in [7, 11) is 0. The zero-order valence-electron chi connectivity index (χ0n) is 9.16. The number of benzene rings is 1. The van der Waals surface area contributed by atoms with Crippen LogP contribution in [0.1, 0.15) is 31.1 Å². The van der Waals surface area contributed by atoms with Crippen molar-refractivity contribution in [3.8, 4) is 17.6 Å². The minimum Gasteiger partial charge on any atom is -0.507 e. The summed E-state index contributed by atoms with van der Waals surface area (Å²) in [5.74, 6) is 5.00. The van der Waals surface area contributed by atoms with Gasteiger partial charge in [-0.15, -0.1) is 0 Å². The second-order valence-electron chi connectivity index (χ2n) is 4.35. The van der Waals surface area contributed by atoms with Gasteiger partial charge >= 0.3 is 0 Å². The Hall–Kier alpha value is -1.75. The van der Waals surface area contributed by atoms with Crippen LogP contribution in [0.2, 0.25) is 0 Å². The third-order valence-corrected chi connectivity index (χ3v) is 1.70. The average molecular weight is 202 g/mol. The van der Waals surface area contributed by atoms with Crippen LogP contribution in [0.3, 0.4) is 0 Å². The summed E-state index contributed by atoms with van der Waals surface area (Å²) in [5, 5.41) is 9.42. The molecule has 15 heavy (non-hydrogen) atoms. The Kier molecular flexibility index (Phi) is 3.16. The third kappa shape index (κ3) is 3.47. The zero-order chi connectivity index (χ0) is 11.5. The molecule has 0 aliphatic rings. The first kappa shape index (κ1) is 11.3. The number of phenolic OH excluding ortho intramolecular Hbond substituents is 1. The molecule has 0 fully saturated rings. The molecule has 0 atom stereocenters. The number of rotatable bonds is 1. The zero-order valence-corrected chi connectivity index (χ0v) is 9.16. The molecule has 0 unspecified atom stereocenters. The van der Waals surface area contributed by atoms with E-state index in [-0.39, 0.29) is 22.5 Å². The number of para-hydroxylation sites is 1. The fourth-order valence-electron chi connectivity index (χ4n) is 0.977. The number of hydrogen-bond acceptors (Lipinski definition) is 2. The molecule has 0 radical (unpaired) electrons. The van der Waals surface area contributed by atoms with Crippen LogP contribution in [0, 0.1) is 17.3 Å². The van der Waals surface area contributed by atoms with Crippen molar-refractivity contribution < 1.29 is 9.90 Å². The predicted molar refractivity (Wildman–Crippen MR) is 59.7 cm³/mol. The largest absolute Gasteiger partial charge is 0.507 e. The molecule has 0 amide bonds. The maximum Gasteiger partial charge on any atom is 0.239 e. The highest BCUT2D eigenvalue weighted by Gasteiger charge is 2.09. The van der Waals surface area contributed by atoms with Crippen molar-refractivity contribution in [2.45, 2.75) is 20.8 Å². The molecule has 2 nitrogen and oxygen atoms in total. The highest BCUT2D eigenvalue weighted by atomic mass is 16.3. The van der Waals surface area contributed by atoms with E-state index in [0.717, 1.165) is 0 Å². The molecule has 2 heteroatoms. The monoisotopic (exact) mass is 202 g/mol. The van der Waals surface area contributed by atoms with Gasteiger partial charge in [-0.05, 0) is 38.8 Å². The number of carbonyl (C=O) groups excluding carboxylic acids is 1. The quantitative estimate of drug-likeness (QED) is 0.432. The van der Waals surface area contributed by atoms with Gasteiger partial charge in [-0.2, -0.15) is 0 Å². The molecule has 0 aromatic heterocycles. The van der Waals surface area contributed by atoms with Gasteiger partial charge in [-0.3, -0.25) is 4.79 Å². The molecule has 0 aliphatic carbocycles. The van der Waals surface area contributed by atoms with Crippen molar-refractivity contribution in [2.75, 3.05) is 0 Å². The number of Topliss-reactive ketones (excluding diaryl/α,β-unsaturated/α-hetero) is 1. The summed E-state index contributed by atoms with van der Waals surface area (Å²) in [6, 6.07) is 6.41. The number of aromatic hydroxyl groups is 1. The van der Waals surface area contributed by atoms with E-state index in [4.69, 9.17) is 0 Å². The van der Waals surface area contributed by atoms with Crippen molar-refractivity contribution >= 4 is 5.78 Å². The average Bonchev–Trinajstić information content (AvgIpc) is 2.14. The Morgan fingerprint density at radius 1 is 1.27 bits per heavy atom. The third-order valence-electron chi connectivity index (χ3n) is 1.70. The second kappa shape index (κ2) is 4.18. The van der Waals surface area contributed by atoms with E-state index < -0.39 is 0 Å². The molecule has 0 heterocycles. The van der Waals surface area contributed by atoms with Crippen molar-refractivity contribution in [1.82, 2.24) is 0 Å². The van der Waals surface area contributed by atoms with Gasteiger partial charge in [0.2, 0.25) is 5.78 Å². The Morgan fingerprint density at radius 2 is 1.87 bits per heavy atom. The van der Waals surface area contributed by atoms with Gasteiger partial charge < -0.3 is 5.11 Å². The van der Waals surface area contributed by atoms with Gasteiger partial charge in [0, 0.05) is 5.41 Å². The molecule has 0 saturated carbocycles. The maximum absolute atomic E-state index is 11.6. The number of hydrogen-bond donors (Lipinski definition) is 1. The topological polar surface area (TPSA) is 37.3 Å². The highest BCUT2D eigenvalue weighted by molar-refractivity contribution is 6.10. The first-order valence-electron chi connectivity index (χ1n) is 4.76. The highest BCUT2D eigenvalue weighted by Crippen LogP contribution is 2.16. The molecule has 0 aliphatic heterocycles. The summed E-state index contributed by atoms with van der Waals surface area (Å²) in [6.07, 6.45) is 0. The molecule has 1 aromatic rings. The molecule has 1 aromatic carbocycles. The first-order chi connectivity index (χ1) is 6.90. The van der Waals surface area contributed by atoms with Gasteiger partial charge in [0.05, 0.1) is 5.56 Å². The van der Waals surface area contributed by atoms with Crippen LogP contribution in [-0.4, -0.2) is 10.9 Å². The SMILES string of the molecule is CC(C)(C)C#CC(=O)c1ccccc1O. The van der Waals surface area contributed by atoms with E-state index in [1.54, 1.807) is 18.2 Å². The normalized spacial score (nSPS) is 10.3. The van der Waals surface area contributed by atoms with Crippen molar-refractivity contribution in [3.63, 3.8) is 0 Å². The maximum atomic E-state index is 11.6. The van der Waals surface area contributed by atoms with Crippen LogP contribution in [-0.2, 0) is 0 Å². The minimum absolute atomic E-state index is 0.0225. The molecule has 0 spiro atoms. The minimum atomic E-state index is -0.344. The fourth-order valence-corrected chi connectivity index (χ4v) is 0.977. The van der Waals surface area contributed by atoms with Crippen molar-refractivity contribution in [1.29, 1.82) is 0 Å². The lowest BCUT2D eigenvalue weighted by molar-refractivity contribution is 0.105. The van der Waals surface area contributed by atoms with Crippen molar-refractivity contribution in [2.24, 2.45) is 5.41 Å². The van der Waals surface area contributed by atoms with Gasteiger partial charge in [-0.1, -0.05) is 18.1 Å². The van der Waals surface area contributed by atoms with E-state index in [0.29, 0.717) is 0 Å². The second-order valence-corrected chi connectivity index (χ2v) is 4.35. The Labute approximate surface area is 89.9 Å². The molecule has 1 rings (SSSR count). The number of phenols is 1. The molecular formula is C13H14O2. The Bertz CT molecular complexity index is 428. The first-order valence-corrected chi connectivity index (χ1v) is 4.76. The lowest BCUT2D eigenvalue weighted by atomic mass is 9.97. The lowest BCUT2D eigenvalue weighted by Gasteiger charge is -2.06. The lowest BCUT2D eigenvalue weighted by Crippen LogP contribution is -2.02. The van der Waals surface area contributed by atoms with Crippen LogP contribution < -0.4 is 0 Å². The van der Waals surface area contributed by atoms with Gasteiger partial charge in [0.25, 0.3) is 0 Å². The van der Waals surface area contributed by atoms with E-state index in [2.05, 4.69) is 11.8 Å². The van der Waals surface area contributed by atoms with Crippen LogP contribution in [0.5, 0.6) is 5.75 Å². The molecule has 78 valence electrons. The van der Waals surface area contributed by atoms with Gasteiger partial charge in [0.1, 0.15) is 5.75 Å². The summed E-state index contributed by atoms with van der Waals surface area (Å²) < 4.78 is 0. The van der Waals surface area contributed by atoms with E-state index in [1.807, 2.05) is 20.8 Å². The summed E-state index contributed by atoms with van der Waals surface area (Å²) in [4.78, 5) is 11.6. The van der Waals surface area contributed by atoms with Crippen LogP contribution in [0.15, 0.2) is 24.3 Å². The smallest absolute Gasteiger partial charge is 0.239 e. The molecule has 0 saturated heterocycles. The van der Waals surface area contributed by atoms with Crippen LogP contribution in [0.4, 0.5) is 0 Å². The van der Waals surface area contributed by atoms with Gasteiger partial charge in [0.15, 0.2) is 0 Å². The van der Waals surface area contributed by atoms with Gasteiger partial charge in [-0.25, -0.2) is 0 Å². The standard InChI is InChI=1S/C13H14O2/c1-13(2,3)9-8-12(15)10-6-4-5-7-11(10)14/h4-7,14H,1-3H3. The summed E-state index contributed by atoms with van der Waals surface area (Å²) in [6.45, 7) is 5.79.